The second-order valence-electron chi connectivity index (χ2n) is 6.31. The number of esters is 3. The molecule has 35 heavy (non-hydrogen) atoms. The Morgan fingerprint density at radius 3 is 1.06 bits per heavy atom. The zero-order valence-electron chi connectivity index (χ0n) is 20.1. The van der Waals surface area contributed by atoms with Crippen molar-refractivity contribution in [3.05, 3.63) is 36.5 Å². The second kappa shape index (κ2) is 18.2. The molecule has 0 aromatic carbocycles. The van der Waals surface area contributed by atoms with Crippen LogP contribution in [-0.2, 0) is 52.2 Å². The third-order valence-corrected chi connectivity index (χ3v) is 10.7. The topological polar surface area (TPSA) is 158 Å². The molecule has 0 aromatic rings. The Morgan fingerprint density at radius 2 is 0.800 bits per heavy atom. The fraction of sp³-hybridized carbons (Fsp3) is 0.455. The molecule has 0 spiro atoms. The zero-order chi connectivity index (χ0) is 26.7. The number of ether oxygens (including phenoxy) is 3. The number of carbonyl (C=O) groups is 6. The van der Waals surface area contributed by atoms with Gasteiger partial charge in [0.05, 0.1) is 0 Å². The summed E-state index contributed by atoms with van der Waals surface area (Å²) in [6.45, 7) is 6.74. The number of hydrogen-bond donors (Lipinski definition) is 0. The Kier molecular flexibility index (Phi) is 16.6. The van der Waals surface area contributed by atoms with Gasteiger partial charge in [-0.1, -0.05) is 0 Å². The first-order valence-electron chi connectivity index (χ1n) is 10.8. The summed E-state index contributed by atoms with van der Waals surface area (Å²) in [4.78, 5) is 71.5. The van der Waals surface area contributed by atoms with Gasteiger partial charge in [0.2, 0.25) is 0 Å². The summed E-state index contributed by atoms with van der Waals surface area (Å²) in [5, 5.41) is 0. The van der Waals surface area contributed by atoms with Crippen LogP contribution in [0.4, 0.5) is 0 Å². The number of hydrogen-bond acceptors (Lipinski definition) is 12. The van der Waals surface area contributed by atoms with Crippen molar-refractivity contribution < 1.29 is 52.2 Å². The van der Waals surface area contributed by atoms with Gasteiger partial charge >= 0.3 is 209 Å². The quantitative estimate of drug-likeness (QED) is 0.115. The van der Waals surface area contributed by atoms with Gasteiger partial charge in [-0.3, -0.25) is 0 Å². The van der Waals surface area contributed by atoms with E-state index in [-0.39, 0.29) is 24.3 Å². The van der Waals surface area contributed by atoms with Crippen LogP contribution in [0.15, 0.2) is 36.5 Å². The molecule has 0 fully saturated rings. The molecule has 0 amide bonds. The fourth-order valence-electron chi connectivity index (χ4n) is 2.15. The standard InChI is InChI=1S/3C6H8O4.C4H9.Sn/c3*1-2-10-6(9)4-3-5(7)8;1-3-4-2;/h3*3-4H,2H2,1H3,(H,7,8);1,3-4H2,2H3;/q;;;;+3/p-3/b2*4-3-;;;. The third-order valence-electron chi connectivity index (χ3n) is 3.53. The van der Waals surface area contributed by atoms with Crippen molar-refractivity contribution in [2.45, 2.75) is 45.0 Å². The molecule has 0 saturated heterocycles. The van der Waals surface area contributed by atoms with E-state index < -0.39 is 55.4 Å². The Morgan fingerprint density at radius 1 is 0.514 bits per heavy atom. The average Bonchev–Trinajstić information content (AvgIpc) is 2.79. The van der Waals surface area contributed by atoms with Gasteiger partial charge in [0.15, 0.2) is 0 Å². The van der Waals surface area contributed by atoms with Crippen molar-refractivity contribution in [2.24, 2.45) is 0 Å². The molecule has 12 nitrogen and oxygen atoms in total. The van der Waals surface area contributed by atoms with Gasteiger partial charge in [-0.25, -0.2) is 0 Å². The van der Waals surface area contributed by atoms with Crippen LogP contribution in [0.5, 0.6) is 0 Å². The molecule has 194 valence electrons. The molecule has 0 aliphatic rings. The Balaban J connectivity index is 5.91. The zero-order valence-corrected chi connectivity index (χ0v) is 23.0. The van der Waals surface area contributed by atoms with Crippen LogP contribution in [0.25, 0.3) is 0 Å². The van der Waals surface area contributed by atoms with Gasteiger partial charge < -0.3 is 0 Å². The predicted molar refractivity (Wildman–Crippen MR) is 121 cm³/mol. The monoisotopic (exact) mass is 606 g/mol. The van der Waals surface area contributed by atoms with Gasteiger partial charge in [0, 0.05) is 0 Å². The molecule has 0 atom stereocenters. The molecular formula is C22H30O12Sn. The molecule has 0 saturated carbocycles. The molecule has 0 radical (unpaired) electrons. The third kappa shape index (κ3) is 15.4. The first kappa shape index (κ1) is 31.8. The van der Waals surface area contributed by atoms with Crippen molar-refractivity contribution >= 4 is 55.4 Å². The molecule has 0 aliphatic heterocycles. The minimum absolute atomic E-state index is 0.0761. The summed E-state index contributed by atoms with van der Waals surface area (Å²) in [5.41, 5.74) is 0. The van der Waals surface area contributed by atoms with E-state index in [9.17, 15) is 28.8 Å². The van der Waals surface area contributed by atoms with Gasteiger partial charge in [-0.05, 0) is 0 Å². The predicted octanol–water partition coefficient (Wildman–Crippen LogP) is 1.71. The molecule has 0 N–H and O–H groups in total. The molecule has 0 rings (SSSR count). The van der Waals surface area contributed by atoms with Crippen molar-refractivity contribution in [2.75, 3.05) is 19.8 Å². The normalized spacial score (nSPS) is 11.3. The molecule has 0 aromatic heterocycles. The molecular weight excluding hydrogens is 575 g/mol. The molecule has 13 heteroatoms. The van der Waals surface area contributed by atoms with Crippen molar-refractivity contribution in [1.29, 1.82) is 0 Å². The summed E-state index contributed by atoms with van der Waals surface area (Å²) in [5.74, 6) is -5.80. The summed E-state index contributed by atoms with van der Waals surface area (Å²) < 4.78 is 29.8. The number of carbonyl (C=O) groups excluding carboxylic acids is 6. The van der Waals surface area contributed by atoms with Crippen LogP contribution < -0.4 is 0 Å². The first-order valence-corrected chi connectivity index (χ1v) is 16.4. The van der Waals surface area contributed by atoms with Crippen molar-refractivity contribution in [3.8, 4) is 0 Å². The van der Waals surface area contributed by atoms with Crippen LogP contribution in [0.1, 0.15) is 40.5 Å². The SMILES string of the molecule is CCC[CH2][Sn]([O]C(=O)C=CC(=O)OCC)([O]C(=O)/C=C\C(=O)OCC)[O]C(=O)/C=C\C(=O)OCC. The summed E-state index contributed by atoms with van der Waals surface area (Å²) in [6.07, 6.45) is 5.50. The summed E-state index contributed by atoms with van der Waals surface area (Å²) in [6, 6.07) is 0. The van der Waals surface area contributed by atoms with E-state index in [1.165, 1.54) is 0 Å². The fourth-order valence-corrected chi connectivity index (χ4v) is 8.83. The van der Waals surface area contributed by atoms with Crippen LogP contribution >= 0.6 is 0 Å². The van der Waals surface area contributed by atoms with E-state index >= 15 is 0 Å². The summed E-state index contributed by atoms with van der Waals surface area (Å²) >= 11 is -5.38. The molecule has 0 bridgehead atoms. The molecule has 0 heterocycles. The number of unbranched alkanes of at least 4 members (excludes halogenated alkanes) is 1. The van der Waals surface area contributed by atoms with Crippen LogP contribution in [-0.4, -0.2) is 75.3 Å². The summed E-state index contributed by atoms with van der Waals surface area (Å²) in [7, 11) is 0. The van der Waals surface area contributed by atoms with E-state index in [1.807, 2.05) is 0 Å². The molecule has 0 aliphatic carbocycles. The van der Waals surface area contributed by atoms with Crippen LogP contribution in [0.2, 0.25) is 4.44 Å². The van der Waals surface area contributed by atoms with Crippen LogP contribution in [0.3, 0.4) is 0 Å². The Labute approximate surface area is 208 Å². The minimum atomic E-state index is -5.38. The van der Waals surface area contributed by atoms with E-state index in [1.54, 1.807) is 27.7 Å². The molecule has 0 unspecified atom stereocenters. The first-order chi connectivity index (χ1) is 16.6. The van der Waals surface area contributed by atoms with E-state index in [0.717, 1.165) is 36.5 Å². The van der Waals surface area contributed by atoms with Crippen molar-refractivity contribution in [3.63, 3.8) is 0 Å². The van der Waals surface area contributed by atoms with E-state index in [2.05, 4.69) is 14.2 Å². The second-order valence-corrected chi connectivity index (χ2v) is 13.4. The Hall–Kier alpha value is -3.16. The average molecular weight is 605 g/mol. The van der Waals surface area contributed by atoms with Gasteiger partial charge in [0.1, 0.15) is 0 Å². The van der Waals surface area contributed by atoms with E-state index in [0.29, 0.717) is 12.8 Å². The number of rotatable bonds is 15. The Bertz CT molecular complexity index is 741. The van der Waals surface area contributed by atoms with Gasteiger partial charge in [-0.2, -0.15) is 0 Å². The van der Waals surface area contributed by atoms with Crippen molar-refractivity contribution in [1.82, 2.24) is 0 Å². The van der Waals surface area contributed by atoms with Gasteiger partial charge in [-0.15, -0.1) is 0 Å². The van der Waals surface area contributed by atoms with E-state index in [4.69, 9.17) is 9.22 Å². The maximum absolute atomic E-state index is 12.4. The maximum atomic E-state index is 12.4. The van der Waals surface area contributed by atoms with Crippen LogP contribution in [0, 0.1) is 0 Å². The van der Waals surface area contributed by atoms with Gasteiger partial charge in [0.25, 0.3) is 0 Å².